The highest BCUT2D eigenvalue weighted by atomic mass is 16.5. The summed E-state index contributed by atoms with van der Waals surface area (Å²) in [6, 6.07) is 11.1. The van der Waals surface area contributed by atoms with E-state index in [0.29, 0.717) is 30.0 Å². The van der Waals surface area contributed by atoms with Crippen molar-refractivity contribution in [1.82, 2.24) is 0 Å². The van der Waals surface area contributed by atoms with Crippen molar-refractivity contribution >= 4 is 17.9 Å². The summed E-state index contributed by atoms with van der Waals surface area (Å²) >= 11 is 0. The summed E-state index contributed by atoms with van der Waals surface area (Å²) in [6.07, 6.45) is 1.59. The normalized spacial score (nSPS) is 10.9. The first kappa shape index (κ1) is 22.5. The maximum Gasteiger partial charge on any atom is 0.262 e. The molecule has 5 heteroatoms. The van der Waals surface area contributed by atoms with Crippen LogP contribution in [0.15, 0.2) is 36.4 Å². The molecule has 1 amide bonds. The zero-order chi connectivity index (χ0) is 21.4. The molecule has 0 heterocycles. The topological polar surface area (TPSA) is 64.6 Å². The molecule has 29 heavy (non-hydrogen) atoms. The third kappa shape index (κ3) is 6.08. The molecule has 2 rings (SSSR count). The zero-order valence-electron chi connectivity index (χ0n) is 18.0. The SMILES string of the molecule is CCCOc1ccc(C=O)c(OCC(=O)Nc2c(C(C)C)cccc2C(C)C)c1. The van der Waals surface area contributed by atoms with Crippen LogP contribution >= 0.6 is 0 Å². The number of carbonyl (C=O) groups excluding carboxylic acids is 2. The van der Waals surface area contributed by atoms with Crippen LogP contribution in [-0.2, 0) is 4.79 Å². The molecule has 0 fully saturated rings. The molecule has 0 aromatic heterocycles. The molecule has 0 aliphatic heterocycles. The number of hydrogen-bond donors (Lipinski definition) is 1. The molecule has 0 bridgehead atoms. The molecule has 0 radical (unpaired) electrons. The average molecular weight is 398 g/mol. The molecule has 2 aromatic carbocycles. The van der Waals surface area contributed by atoms with Crippen molar-refractivity contribution in [2.75, 3.05) is 18.5 Å². The van der Waals surface area contributed by atoms with Gasteiger partial charge in [-0.3, -0.25) is 9.59 Å². The van der Waals surface area contributed by atoms with Gasteiger partial charge in [0.2, 0.25) is 0 Å². The van der Waals surface area contributed by atoms with Crippen LogP contribution in [0.2, 0.25) is 0 Å². The number of ether oxygens (including phenoxy) is 2. The number of anilines is 1. The standard InChI is InChI=1S/C24H31NO4/c1-6-12-28-19-11-10-18(14-26)22(13-19)29-15-23(27)25-24-20(16(2)3)8-7-9-21(24)17(4)5/h7-11,13-14,16-17H,6,12,15H2,1-5H3,(H,25,27). The second-order valence-corrected chi connectivity index (χ2v) is 7.62. The van der Waals surface area contributed by atoms with E-state index in [0.717, 1.165) is 23.2 Å². The highest BCUT2D eigenvalue weighted by molar-refractivity contribution is 5.94. The number of aldehydes is 1. The van der Waals surface area contributed by atoms with Crippen LogP contribution in [0, 0.1) is 0 Å². The Balaban J connectivity index is 2.16. The van der Waals surface area contributed by atoms with Gasteiger partial charge in [-0.25, -0.2) is 0 Å². The van der Waals surface area contributed by atoms with Gasteiger partial charge < -0.3 is 14.8 Å². The number of benzene rings is 2. The Bertz CT molecular complexity index is 817. The maximum atomic E-state index is 12.6. The molecule has 0 saturated heterocycles. The molecule has 5 nitrogen and oxygen atoms in total. The van der Waals surface area contributed by atoms with Gasteiger partial charge in [0.15, 0.2) is 12.9 Å². The lowest BCUT2D eigenvalue weighted by Gasteiger charge is -2.20. The molecule has 0 unspecified atom stereocenters. The Labute approximate surface area is 173 Å². The van der Waals surface area contributed by atoms with Crippen molar-refractivity contribution in [3.8, 4) is 11.5 Å². The van der Waals surface area contributed by atoms with Crippen LogP contribution in [0.4, 0.5) is 5.69 Å². The maximum absolute atomic E-state index is 12.6. The first-order chi connectivity index (χ1) is 13.9. The van der Waals surface area contributed by atoms with Crippen molar-refractivity contribution in [1.29, 1.82) is 0 Å². The first-order valence-electron chi connectivity index (χ1n) is 10.1. The molecule has 0 aliphatic rings. The lowest BCUT2D eigenvalue weighted by molar-refractivity contribution is -0.118. The summed E-state index contributed by atoms with van der Waals surface area (Å²) < 4.78 is 11.2. The van der Waals surface area contributed by atoms with Crippen molar-refractivity contribution in [2.45, 2.75) is 52.9 Å². The van der Waals surface area contributed by atoms with Gasteiger partial charge in [0.05, 0.1) is 12.2 Å². The monoisotopic (exact) mass is 397 g/mol. The van der Waals surface area contributed by atoms with Gasteiger partial charge in [-0.05, 0) is 41.5 Å². The number of nitrogens with one attached hydrogen (secondary N) is 1. The van der Waals surface area contributed by atoms with E-state index in [4.69, 9.17) is 9.47 Å². The molecule has 1 N–H and O–H groups in total. The van der Waals surface area contributed by atoms with Crippen LogP contribution in [0.5, 0.6) is 11.5 Å². The van der Waals surface area contributed by atoms with E-state index in [-0.39, 0.29) is 24.3 Å². The van der Waals surface area contributed by atoms with Crippen LogP contribution in [0.25, 0.3) is 0 Å². The molecule has 0 saturated carbocycles. The van der Waals surface area contributed by atoms with Crippen LogP contribution in [-0.4, -0.2) is 25.4 Å². The van der Waals surface area contributed by atoms with E-state index in [1.807, 2.05) is 25.1 Å². The first-order valence-corrected chi connectivity index (χ1v) is 10.1. The number of carbonyl (C=O) groups is 2. The summed E-state index contributed by atoms with van der Waals surface area (Å²) in [5.41, 5.74) is 3.41. The molecule has 156 valence electrons. The van der Waals surface area contributed by atoms with Crippen LogP contribution < -0.4 is 14.8 Å². The second kappa shape index (κ2) is 10.6. The Morgan fingerprint density at radius 1 is 1.03 bits per heavy atom. The minimum atomic E-state index is -0.267. The van der Waals surface area contributed by atoms with Crippen LogP contribution in [0.1, 0.15) is 74.4 Å². The molecule has 0 aliphatic carbocycles. The summed E-state index contributed by atoms with van der Waals surface area (Å²) in [5.74, 6) is 1.24. The van der Waals surface area contributed by atoms with E-state index in [9.17, 15) is 9.59 Å². The van der Waals surface area contributed by atoms with Gasteiger partial charge in [-0.2, -0.15) is 0 Å². The fourth-order valence-corrected chi connectivity index (χ4v) is 3.06. The molecular formula is C24H31NO4. The summed E-state index contributed by atoms with van der Waals surface area (Å²) in [4.78, 5) is 23.9. The van der Waals surface area contributed by atoms with Crippen molar-refractivity contribution in [2.24, 2.45) is 0 Å². The lowest BCUT2D eigenvalue weighted by Crippen LogP contribution is -2.22. The summed E-state index contributed by atoms with van der Waals surface area (Å²) in [6.45, 7) is 10.8. The highest BCUT2D eigenvalue weighted by Crippen LogP contribution is 2.32. The van der Waals surface area contributed by atoms with Crippen molar-refractivity contribution in [3.05, 3.63) is 53.1 Å². The summed E-state index contributed by atoms with van der Waals surface area (Å²) in [5, 5.41) is 3.01. The highest BCUT2D eigenvalue weighted by Gasteiger charge is 2.16. The predicted molar refractivity (Wildman–Crippen MR) is 116 cm³/mol. The quantitative estimate of drug-likeness (QED) is 0.534. The zero-order valence-corrected chi connectivity index (χ0v) is 18.0. The molecule has 2 aromatic rings. The van der Waals surface area contributed by atoms with E-state index in [2.05, 4.69) is 33.0 Å². The Hall–Kier alpha value is -2.82. The minimum absolute atomic E-state index is 0.192. The molecule has 0 spiro atoms. The Kier molecular flexibility index (Phi) is 8.25. The van der Waals surface area contributed by atoms with E-state index in [1.165, 1.54) is 0 Å². The predicted octanol–water partition coefficient (Wildman–Crippen LogP) is 5.55. The smallest absolute Gasteiger partial charge is 0.262 e. The van der Waals surface area contributed by atoms with E-state index < -0.39 is 0 Å². The minimum Gasteiger partial charge on any atom is -0.493 e. The van der Waals surface area contributed by atoms with Gasteiger partial charge in [0.1, 0.15) is 11.5 Å². The third-order valence-corrected chi connectivity index (χ3v) is 4.58. The average Bonchev–Trinajstić information content (AvgIpc) is 2.70. The third-order valence-electron chi connectivity index (χ3n) is 4.58. The lowest BCUT2D eigenvalue weighted by atomic mass is 9.92. The Morgan fingerprint density at radius 2 is 1.69 bits per heavy atom. The van der Waals surface area contributed by atoms with Crippen molar-refractivity contribution < 1.29 is 19.1 Å². The number of rotatable bonds is 10. The van der Waals surface area contributed by atoms with E-state index >= 15 is 0 Å². The number of para-hydroxylation sites is 1. The fourth-order valence-electron chi connectivity index (χ4n) is 3.06. The second-order valence-electron chi connectivity index (χ2n) is 7.62. The largest absolute Gasteiger partial charge is 0.493 e. The van der Waals surface area contributed by atoms with E-state index in [1.54, 1.807) is 18.2 Å². The van der Waals surface area contributed by atoms with Crippen molar-refractivity contribution in [3.63, 3.8) is 0 Å². The number of hydrogen-bond acceptors (Lipinski definition) is 4. The summed E-state index contributed by atoms with van der Waals surface area (Å²) in [7, 11) is 0. The molecule has 0 atom stereocenters. The van der Waals surface area contributed by atoms with Crippen LogP contribution in [0.3, 0.4) is 0 Å². The molecular weight excluding hydrogens is 366 g/mol. The van der Waals surface area contributed by atoms with Gasteiger partial charge in [0.25, 0.3) is 5.91 Å². The fraction of sp³-hybridized carbons (Fsp3) is 0.417. The van der Waals surface area contributed by atoms with Gasteiger partial charge in [0, 0.05) is 11.8 Å². The van der Waals surface area contributed by atoms with Gasteiger partial charge in [-0.1, -0.05) is 52.8 Å². The van der Waals surface area contributed by atoms with Gasteiger partial charge >= 0.3 is 0 Å². The Morgan fingerprint density at radius 3 is 2.24 bits per heavy atom. The van der Waals surface area contributed by atoms with Gasteiger partial charge in [-0.15, -0.1) is 0 Å². The number of amides is 1.